The van der Waals surface area contributed by atoms with Gasteiger partial charge in [0.05, 0.1) is 19.3 Å². The number of ether oxygens (including phenoxy) is 1. The van der Waals surface area contributed by atoms with Gasteiger partial charge in [0.2, 0.25) is 0 Å². The minimum Gasteiger partial charge on any atom is -0.507 e. The lowest BCUT2D eigenvalue weighted by Crippen LogP contribution is -2.32. The highest BCUT2D eigenvalue weighted by Gasteiger charge is 2.42. The van der Waals surface area contributed by atoms with Crippen molar-refractivity contribution in [3.05, 3.63) is 57.7 Å². The number of aryl methyl sites for hydroxylation is 1. The summed E-state index contributed by atoms with van der Waals surface area (Å²) in [5, 5.41) is 37.8. The summed E-state index contributed by atoms with van der Waals surface area (Å²) in [7, 11) is 0. The molecule has 8 nitrogen and oxygen atoms in total. The van der Waals surface area contributed by atoms with Crippen LogP contribution in [0.2, 0.25) is 5.02 Å². The van der Waals surface area contributed by atoms with Crippen molar-refractivity contribution in [2.75, 3.05) is 19.8 Å². The number of nitrogens with zero attached hydrogens (tertiary/aromatic N) is 2. The van der Waals surface area contributed by atoms with Gasteiger partial charge in [0.25, 0.3) is 5.91 Å². The molecule has 0 unspecified atom stereocenters. The number of aromatic amines is 1. The Morgan fingerprint density at radius 2 is 2.00 bits per heavy atom. The lowest BCUT2D eigenvalue weighted by atomic mass is 9.95. The van der Waals surface area contributed by atoms with Gasteiger partial charge in [0.1, 0.15) is 17.1 Å². The molecule has 162 valence electrons. The fourth-order valence-electron chi connectivity index (χ4n) is 3.91. The maximum Gasteiger partial charge on any atom is 0.273 e. The van der Waals surface area contributed by atoms with Crippen LogP contribution in [0, 0.1) is 6.92 Å². The Labute approximate surface area is 183 Å². The number of aliphatic hydroxyl groups is 1. The molecule has 1 aromatic heterocycles. The lowest BCUT2D eigenvalue weighted by molar-refractivity contribution is 0.0706. The smallest absolute Gasteiger partial charge is 0.273 e. The van der Waals surface area contributed by atoms with E-state index in [9.17, 15) is 20.1 Å². The number of fused-ring (bicyclic) bond motifs is 1. The third-order valence-corrected chi connectivity index (χ3v) is 5.74. The van der Waals surface area contributed by atoms with Crippen LogP contribution in [0.4, 0.5) is 0 Å². The molecule has 0 spiro atoms. The normalized spacial score (nSPS) is 15.4. The fourth-order valence-corrected chi connectivity index (χ4v) is 4.08. The minimum atomic E-state index is -0.609. The number of aromatic nitrogens is 2. The molecule has 31 heavy (non-hydrogen) atoms. The Hall–Kier alpha value is -3.23. The summed E-state index contributed by atoms with van der Waals surface area (Å²) in [6, 6.07) is 7.40. The van der Waals surface area contributed by atoms with Gasteiger partial charge < -0.3 is 25.0 Å². The summed E-state index contributed by atoms with van der Waals surface area (Å²) in [5.41, 5.74) is 2.99. The molecular formula is C22H22ClN3O5. The quantitative estimate of drug-likeness (QED) is 0.463. The minimum absolute atomic E-state index is 0.0104. The van der Waals surface area contributed by atoms with E-state index in [-0.39, 0.29) is 42.0 Å². The van der Waals surface area contributed by atoms with E-state index >= 15 is 0 Å². The molecule has 1 aliphatic heterocycles. The van der Waals surface area contributed by atoms with Gasteiger partial charge >= 0.3 is 0 Å². The molecule has 1 aliphatic rings. The van der Waals surface area contributed by atoms with Gasteiger partial charge in [-0.3, -0.25) is 9.89 Å². The van der Waals surface area contributed by atoms with Crippen molar-refractivity contribution in [3.8, 4) is 28.5 Å². The van der Waals surface area contributed by atoms with E-state index in [0.29, 0.717) is 39.6 Å². The summed E-state index contributed by atoms with van der Waals surface area (Å²) in [6.07, 6.45) is 0. The van der Waals surface area contributed by atoms with Crippen LogP contribution in [0.5, 0.6) is 17.2 Å². The zero-order valence-electron chi connectivity index (χ0n) is 17.0. The van der Waals surface area contributed by atoms with E-state index in [4.69, 9.17) is 16.3 Å². The Morgan fingerprint density at radius 1 is 1.23 bits per heavy atom. The van der Waals surface area contributed by atoms with Crippen molar-refractivity contribution >= 4 is 17.5 Å². The van der Waals surface area contributed by atoms with E-state index < -0.39 is 6.04 Å². The first-order valence-corrected chi connectivity index (χ1v) is 10.2. The number of nitrogens with one attached hydrogen (secondary N) is 1. The Kier molecular flexibility index (Phi) is 5.51. The number of β-amino-alcohol motifs (C(OH)–C–C–N with tert-alkyl or cyclic N) is 1. The second-order valence-corrected chi connectivity index (χ2v) is 7.67. The average Bonchev–Trinajstić information content (AvgIpc) is 3.27. The van der Waals surface area contributed by atoms with Crippen molar-refractivity contribution in [1.29, 1.82) is 0 Å². The first kappa shape index (κ1) is 21.0. The van der Waals surface area contributed by atoms with Gasteiger partial charge in [-0.1, -0.05) is 17.7 Å². The molecule has 0 fully saturated rings. The number of H-pyrrole nitrogens is 1. The van der Waals surface area contributed by atoms with Crippen LogP contribution < -0.4 is 4.74 Å². The maximum atomic E-state index is 13.1. The van der Waals surface area contributed by atoms with Crippen LogP contribution in [0.15, 0.2) is 30.3 Å². The van der Waals surface area contributed by atoms with Crippen molar-refractivity contribution in [1.82, 2.24) is 15.1 Å². The highest BCUT2D eigenvalue weighted by molar-refractivity contribution is 6.31. The molecule has 0 aliphatic carbocycles. The van der Waals surface area contributed by atoms with E-state index in [0.717, 1.165) is 0 Å². The molecule has 0 saturated heterocycles. The fraction of sp³-hybridized carbons (Fsp3) is 0.273. The van der Waals surface area contributed by atoms with E-state index in [1.165, 1.54) is 11.0 Å². The Bertz CT molecular complexity index is 1160. The Morgan fingerprint density at radius 3 is 2.71 bits per heavy atom. The van der Waals surface area contributed by atoms with E-state index in [2.05, 4.69) is 10.2 Å². The molecule has 2 heterocycles. The third-order valence-electron chi connectivity index (χ3n) is 5.34. The number of carbonyl (C=O) groups excluding carboxylic acids is 1. The highest BCUT2D eigenvalue weighted by Crippen LogP contribution is 2.46. The molecule has 9 heteroatoms. The number of aliphatic hydroxyl groups excluding tert-OH is 1. The van der Waals surface area contributed by atoms with Crippen LogP contribution in [0.25, 0.3) is 11.3 Å². The molecule has 3 aromatic rings. The van der Waals surface area contributed by atoms with E-state index in [1.54, 1.807) is 38.1 Å². The summed E-state index contributed by atoms with van der Waals surface area (Å²) in [4.78, 5) is 14.6. The van der Waals surface area contributed by atoms with Crippen molar-refractivity contribution in [2.24, 2.45) is 0 Å². The van der Waals surface area contributed by atoms with Crippen LogP contribution in [-0.4, -0.2) is 56.1 Å². The zero-order valence-corrected chi connectivity index (χ0v) is 17.8. The van der Waals surface area contributed by atoms with Crippen LogP contribution in [0.1, 0.15) is 40.1 Å². The first-order chi connectivity index (χ1) is 14.9. The number of carbonyl (C=O) groups is 1. The van der Waals surface area contributed by atoms with Gasteiger partial charge in [-0.25, -0.2) is 0 Å². The van der Waals surface area contributed by atoms with Crippen LogP contribution >= 0.6 is 11.6 Å². The summed E-state index contributed by atoms with van der Waals surface area (Å²) in [6.45, 7) is 3.81. The predicted octanol–water partition coefficient (Wildman–Crippen LogP) is 3.39. The number of rotatable bonds is 6. The van der Waals surface area contributed by atoms with Crippen LogP contribution in [0.3, 0.4) is 0 Å². The van der Waals surface area contributed by atoms with Gasteiger partial charge in [-0.15, -0.1) is 0 Å². The number of phenols is 2. The number of phenolic OH excluding ortho intramolecular Hbond substituents is 2. The first-order valence-electron chi connectivity index (χ1n) is 9.82. The van der Waals surface area contributed by atoms with Crippen molar-refractivity contribution < 1.29 is 24.9 Å². The number of hydrogen-bond acceptors (Lipinski definition) is 6. The van der Waals surface area contributed by atoms with Crippen molar-refractivity contribution in [2.45, 2.75) is 19.9 Å². The zero-order chi connectivity index (χ0) is 22.3. The predicted molar refractivity (Wildman–Crippen MR) is 115 cm³/mol. The molecule has 4 N–H and O–H groups in total. The number of hydrogen-bond donors (Lipinski definition) is 4. The third kappa shape index (κ3) is 3.47. The number of halogens is 1. The molecular weight excluding hydrogens is 422 g/mol. The van der Waals surface area contributed by atoms with Crippen LogP contribution in [-0.2, 0) is 0 Å². The highest BCUT2D eigenvalue weighted by atomic mass is 35.5. The molecule has 0 bridgehead atoms. The largest absolute Gasteiger partial charge is 0.507 e. The molecule has 4 rings (SSSR count). The summed E-state index contributed by atoms with van der Waals surface area (Å²) < 4.78 is 5.51. The average molecular weight is 444 g/mol. The van der Waals surface area contributed by atoms with Gasteiger partial charge in [0.15, 0.2) is 11.5 Å². The standard InChI is InChI=1S/C22H22ClN3O5/c1-3-31-17-9-12(4-5-15(17)28)21-18-19(13-10-14(23)11(2)8-16(13)29)24-25-20(18)22(30)26(21)6-7-27/h4-5,8-10,21,27-29H,3,6-7H2,1-2H3,(H,24,25)/t21-/m1/s1. The molecule has 1 amide bonds. The van der Waals surface area contributed by atoms with E-state index in [1.807, 2.05) is 0 Å². The van der Waals surface area contributed by atoms with Gasteiger partial charge in [-0.05, 0) is 49.2 Å². The number of benzene rings is 2. The lowest BCUT2D eigenvalue weighted by Gasteiger charge is -2.26. The molecule has 2 aromatic carbocycles. The van der Waals surface area contributed by atoms with Gasteiger partial charge in [-0.2, -0.15) is 5.10 Å². The maximum absolute atomic E-state index is 13.1. The summed E-state index contributed by atoms with van der Waals surface area (Å²) in [5.74, 6) is -0.0596. The topological polar surface area (TPSA) is 119 Å². The Balaban J connectivity index is 1.92. The second-order valence-electron chi connectivity index (χ2n) is 7.26. The molecule has 0 radical (unpaired) electrons. The van der Waals surface area contributed by atoms with Gasteiger partial charge in [0, 0.05) is 22.7 Å². The molecule has 0 saturated carbocycles. The summed E-state index contributed by atoms with van der Waals surface area (Å²) >= 11 is 6.28. The van der Waals surface area contributed by atoms with Crippen molar-refractivity contribution in [3.63, 3.8) is 0 Å². The second kappa shape index (κ2) is 8.13. The SMILES string of the molecule is CCOc1cc([C@@H]2c3c(-c4cc(Cl)c(C)cc4O)n[nH]c3C(=O)N2CCO)ccc1O. The monoisotopic (exact) mass is 443 g/mol. The number of amides is 1. The number of aromatic hydroxyl groups is 2. The molecule has 1 atom stereocenters.